The van der Waals surface area contributed by atoms with Crippen molar-refractivity contribution >= 4 is 23.5 Å². The maximum absolute atomic E-state index is 13.1. The van der Waals surface area contributed by atoms with E-state index in [2.05, 4.69) is 10.1 Å². The molecule has 0 aliphatic carbocycles. The Morgan fingerprint density at radius 1 is 1.14 bits per heavy atom. The van der Waals surface area contributed by atoms with Crippen LogP contribution in [0.25, 0.3) is 0 Å². The Bertz CT molecular complexity index is 870. The van der Waals surface area contributed by atoms with Gasteiger partial charge in [0, 0.05) is 6.42 Å². The van der Waals surface area contributed by atoms with E-state index in [0.29, 0.717) is 11.3 Å². The molecule has 0 bridgehead atoms. The standard InChI is InChI=1S/C19H17ClF3NO4/c1-27-16-8-7-11(9-14(16)20)10-15(18(26)28-2)24-17(25)12-5-3-4-6-13(12)19(21,22)23/h3-9,15H,10H2,1-2H3,(H,24,25)/t15-/m0/s1. The highest BCUT2D eigenvalue weighted by molar-refractivity contribution is 6.32. The van der Waals surface area contributed by atoms with Crippen molar-refractivity contribution in [3.63, 3.8) is 0 Å². The van der Waals surface area contributed by atoms with Crippen LogP contribution in [0.5, 0.6) is 5.75 Å². The zero-order valence-electron chi connectivity index (χ0n) is 15.0. The number of hydrogen-bond acceptors (Lipinski definition) is 4. The fourth-order valence-electron chi connectivity index (χ4n) is 2.57. The minimum Gasteiger partial charge on any atom is -0.495 e. The van der Waals surface area contributed by atoms with E-state index in [9.17, 15) is 22.8 Å². The maximum Gasteiger partial charge on any atom is 0.417 e. The van der Waals surface area contributed by atoms with Crippen molar-refractivity contribution in [2.45, 2.75) is 18.6 Å². The van der Waals surface area contributed by atoms with E-state index >= 15 is 0 Å². The van der Waals surface area contributed by atoms with Gasteiger partial charge in [0.05, 0.1) is 30.4 Å². The lowest BCUT2D eigenvalue weighted by Crippen LogP contribution is -2.43. The number of carbonyl (C=O) groups is 2. The third-order valence-corrected chi connectivity index (χ3v) is 4.22. The highest BCUT2D eigenvalue weighted by atomic mass is 35.5. The average molecular weight is 416 g/mol. The molecule has 1 amide bonds. The number of ether oxygens (including phenoxy) is 2. The van der Waals surface area contributed by atoms with E-state index in [0.717, 1.165) is 19.2 Å². The number of halogens is 4. The molecule has 2 rings (SSSR count). The van der Waals surface area contributed by atoms with Crippen LogP contribution >= 0.6 is 11.6 Å². The van der Waals surface area contributed by atoms with Gasteiger partial charge in [-0.15, -0.1) is 0 Å². The minimum absolute atomic E-state index is 0.0314. The van der Waals surface area contributed by atoms with Crippen molar-refractivity contribution in [1.82, 2.24) is 5.32 Å². The van der Waals surface area contributed by atoms with Crippen LogP contribution in [-0.2, 0) is 22.1 Å². The Morgan fingerprint density at radius 2 is 1.82 bits per heavy atom. The molecule has 28 heavy (non-hydrogen) atoms. The molecule has 0 spiro atoms. The van der Waals surface area contributed by atoms with Crippen LogP contribution in [0.2, 0.25) is 5.02 Å². The van der Waals surface area contributed by atoms with Gasteiger partial charge >= 0.3 is 12.1 Å². The summed E-state index contributed by atoms with van der Waals surface area (Å²) < 4.78 is 49.1. The predicted octanol–water partition coefficient (Wildman–Crippen LogP) is 3.88. The van der Waals surface area contributed by atoms with Crippen LogP contribution in [0.1, 0.15) is 21.5 Å². The summed E-state index contributed by atoms with van der Waals surface area (Å²) in [5, 5.41) is 2.59. The summed E-state index contributed by atoms with van der Waals surface area (Å²) in [6.07, 6.45) is -4.74. The molecule has 0 radical (unpaired) electrons. The molecule has 0 saturated carbocycles. The monoisotopic (exact) mass is 415 g/mol. The van der Waals surface area contributed by atoms with Crippen molar-refractivity contribution in [2.24, 2.45) is 0 Å². The average Bonchev–Trinajstić information content (AvgIpc) is 2.66. The highest BCUT2D eigenvalue weighted by Crippen LogP contribution is 2.32. The normalized spacial score (nSPS) is 12.2. The van der Waals surface area contributed by atoms with E-state index in [4.69, 9.17) is 16.3 Å². The third-order valence-electron chi connectivity index (χ3n) is 3.92. The number of carbonyl (C=O) groups excluding carboxylic acids is 2. The van der Waals surface area contributed by atoms with Gasteiger partial charge in [0.2, 0.25) is 0 Å². The van der Waals surface area contributed by atoms with Crippen LogP contribution in [0.15, 0.2) is 42.5 Å². The Labute approximate surface area is 164 Å². The van der Waals surface area contributed by atoms with Gasteiger partial charge in [0.25, 0.3) is 5.91 Å². The lowest BCUT2D eigenvalue weighted by atomic mass is 10.0. The Hall–Kier alpha value is -2.74. The van der Waals surface area contributed by atoms with Gasteiger partial charge in [0.1, 0.15) is 11.8 Å². The number of methoxy groups -OCH3 is 2. The zero-order chi connectivity index (χ0) is 20.9. The second kappa shape index (κ2) is 8.97. The summed E-state index contributed by atoms with van der Waals surface area (Å²) in [7, 11) is 2.56. The predicted molar refractivity (Wildman–Crippen MR) is 96.4 cm³/mol. The molecular weight excluding hydrogens is 399 g/mol. The fraction of sp³-hybridized carbons (Fsp3) is 0.263. The summed E-state index contributed by atoms with van der Waals surface area (Å²) in [5.41, 5.74) is -1.12. The first-order chi connectivity index (χ1) is 13.2. The van der Waals surface area contributed by atoms with Crippen LogP contribution in [-0.4, -0.2) is 32.1 Å². The van der Waals surface area contributed by atoms with Crippen molar-refractivity contribution in [3.05, 3.63) is 64.2 Å². The first-order valence-electron chi connectivity index (χ1n) is 8.04. The second-order valence-corrected chi connectivity index (χ2v) is 6.17. The molecule has 0 fully saturated rings. The molecule has 0 aromatic heterocycles. The molecule has 0 saturated heterocycles. The maximum atomic E-state index is 13.1. The summed E-state index contributed by atoms with van der Waals surface area (Å²) in [6, 6.07) is 7.85. The summed E-state index contributed by atoms with van der Waals surface area (Å²) in [5.74, 6) is -1.42. The molecule has 1 N–H and O–H groups in total. The van der Waals surface area contributed by atoms with Gasteiger partial charge in [-0.25, -0.2) is 4.79 Å². The van der Waals surface area contributed by atoms with Crippen LogP contribution in [0.3, 0.4) is 0 Å². The van der Waals surface area contributed by atoms with E-state index < -0.39 is 35.2 Å². The van der Waals surface area contributed by atoms with Gasteiger partial charge < -0.3 is 14.8 Å². The molecule has 0 unspecified atom stereocenters. The van der Waals surface area contributed by atoms with Gasteiger partial charge in [-0.05, 0) is 29.8 Å². The van der Waals surface area contributed by atoms with Gasteiger partial charge in [-0.2, -0.15) is 13.2 Å². The largest absolute Gasteiger partial charge is 0.495 e. The summed E-state index contributed by atoms with van der Waals surface area (Å²) >= 11 is 6.05. The number of hydrogen-bond donors (Lipinski definition) is 1. The van der Waals surface area contributed by atoms with Crippen molar-refractivity contribution in [3.8, 4) is 5.75 Å². The molecule has 2 aromatic carbocycles. The highest BCUT2D eigenvalue weighted by Gasteiger charge is 2.35. The molecular formula is C19H17ClF3NO4. The van der Waals surface area contributed by atoms with Crippen LogP contribution in [0, 0.1) is 0 Å². The number of nitrogens with one attached hydrogen (secondary N) is 1. The molecule has 2 aromatic rings. The Balaban J connectivity index is 2.27. The summed E-state index contributed by atoms with van der Waals surface area (Å²) in [6.45, 7) is 0. The van der Waals surface area contributed by atoms with E-state index in [1.54, 1.807) is 12.1 Å². The minimum atomic E-state index is -4.71. The van der Waals surface area contributed by atoms with E-state index in [1.807, 2.05) is 0 Å². The molecule has 0 aliphatic rings. The Morgan fingerprint density at radius 3 is 2.39 bits per heavy atom. The van der Waals surface area contributed by atoms with Crippen LogP contribution < -0.4 is 10.1 Å². The topological polar surface area (TPSA) is 64.6 Å². The van der Waals surface area contributed by atoms with Crippen molar-refractivity contribution < 1.29 is 32.2 Å². The first-order valence-corrected chi connectivity index (χ1v) is 8.42. The van der Waals surface area contributed by atoms with Gasteiger partial charge in [0.15, 0.2) is 0 Å². The van der Waals surface area contributed by atoms with Gasteiger partial charge in [-0.1, -0.05) is 29.8 Å². The van der Waals surface area contributed by atoms with Crippen molar-refractivity contribution in [2.75, 3.05) is 14.2 Å². The molecule has 0 heterocycles. The smallest absolute Gasteiger partial charge is 0.417 e. The van der Waals surface area contributed by atoms with Crippen LogP contribution in [0.4, 0.5) is 13.2 Å². The number of benzene rings is 2. The quantitative estimate of drug-likeness (QED) is 0.727. The van der Waals surface area contributed by atoms with E-state index in [-0.39, 0.29) is 11.4 Å². The number of alkyl halides is 3. The SMILES string of the molecule is COC(=O)[C@H](Cc1ccc(OC)c(Cl)c1)NC(=O)c1ccccc1C(F)(F)F. The molecule has 9 heteroatoms. The lowest BCUT2D eigenvalue weighted by Gasteiger charge is -2.19. The van der Waals surface area contributed by atoms with Gasteiger partial charge in [-0.3, -0.25) is 4.79 Å². The number of esters is 1. The van der Waals surface area contributed by atoms with E-state index in [1.165, 1.54) is 25.3 Å². The molecule has 5 nitrogen and oxygen atoms in total. The molecule has 0 aliphatic heterocycles. The molecule has 1 atom stereocenters. The third kappa shape index (κ3) is 5.16. The zero-order valence-corrected chi connectivity index (χ0v) is 15.7. The number of amides is 1. The molecule has 150 valence electrons. The summed E-state index contributed by atoms with van der Waals surface area (Å²) in [4.78, 5) is 24.5. The van der Waals surface area contributed by atoms with Crippen molar-refractivity contribution in [1.29, 1.82) is 0 Å². The Kier molecular flexibility index (Phi) is 6.90. The first kappa shape index (κ1) is 21.6. The second-order valence-electron chi connectivity index (χ2n) is 5.77. The fourth-order valence-corrected chi connectivity index (χ4v) is 2.85. The number of rotatable bonds is 6. The lowest BCUT2D eigenvalue weighted by molar-refractivity contribution is -0.142.